The van der Waals surface area contributed by atoms with E-state index < -0.39 is 5.97 Å². The van der Waals surface area contributed by atoms with Crippen molar-refractivity contribution in [1.82, 2.24) is 5.32 Å². The molecular weight excluding hydrogens is 185 g/mol. The number of aromatic carboxylic acids is 1. The Bertz CT molecular complexity index is 339. The van der Waals surface area contributed by atoms with Gasteiger partial charge in [0.25, 0.3) is 0 Å². The number of rotatable bonds is 4. The SMILES string of the molecule is CCNCc1cc(C(=O)O)ccc1F. The summed E-state index contributed by atoms with van der Waals surface area (Å²) in [5, 5.41) is 11.6. The van der Waals surface area contributed by atoms with E-state index in [1.165, 1.54) is 18.2 Å². The minimum absolute atomic E-state index is 0.110. The summed E-state index contributed by atoms with van der Waals surface area (Å²) in [6.45, 7) is 2.97. The van der Waals surface area contributed by atoms with E-state index in [1.54, 1.807) is 0 Å². The van der Waals surface area contributed by atoms with Gasteiger partial charge in [-0.05, 0) is 24.7 Å². The van der Waals surface area contributed by atoms with Crippen molar-refractivity contribution in [3.8, 4) is 0 Å². The fraction of sp³-hybridized carbons (Fsp3) is 0.300. The maximum Gasteiger partial charge on any atom is 0.335 e. The summed E-state index contributed by atoms with van der Waals surface area (Å²) in [7, 11) is 0. The van der Waals surface area contributed by atoms with Crippen molar-refractivity contribution in [1.29, 1.82) is 0 Å². The molecule has 0 fully saturated rings. The van der Waals surface area contributed by atoms with Gasteiger partial charge in [-0.3, -0.25) is 0 Å². The van der Waals surface area contributed by atoms with Gasteiger partial charge in [-0.15, -0.1) is 0 Å². The lowest BCUT2D eigenvalue weighted by Crippen LogP contribution is -2.13. The molecule has 0 saturated heterocycles. The zero-order valence-electron chi connectivity index (χ0n) is 7.88. The average molecular weight is 197 g/mol. The van der Waals surface area contributed by atoms with Gasteiger partial charge in [0.15, 0.2) is 0 Å². The van der Waals surface area contributed by atoms with Gasteiger partial charge in [-0.1, -0.05) is 6.92 Å². The molecule has 2 N–H and O–H groups in total. The Morgan fingerprint density at radius 3 is 2.86 bits per heavy atom. The first-order valence-electron chi connectivity index (χ1n) is 4.37. The van der Waals surface area contributed by atoms with E-state index in [-0.39, 0.29) is 11.4 Å². The second-order valence-electron chi connectivity index (χ2n) is 2.89. The molecule has 0 aliphatic heterocycles. The zero-order valence-corrected chi connectivity index (χ0v) is 7.88. The molecule has 0 aromatic heterocycles. The number of carboxylic acids is 1. The highest BCUT2D eigenvalue weighted by atomic mass is 19.1. The lowest BCUT2D eigenvalue weighted by molar-refractivity contribution is 0.0696. The highest BCUT2D eigenvalue weighted by molar-refractivity contribution is 5.87. The maximum absolute atomic E-state index is 13.1. The van der Waals surface area contributed by atoms with Gasteiger partial charge in [0.2, 0.25) is 0 Å². The number of carbonyl (C=O) groups is 1. The third-order valence-corrected chi connectivity index (χ3v) is 1.86. The number of halogens is 1. The molecule has 3 nitrogen and oxygen atoms in total. The molecule has 76 valence electrons. The van der Waals surface area contributed by atoms with Crippen LogP contribution in [0.15, 0.2) is 18.2 Å². The standard InChI is InChI=1S/C10H12FNO2/c1-2-12-6-8-5-7(10(13)14)3-4-9(8)11/h3-5,12H,2,6H2,1H3,(H,13,14). The molecule has 0 unspecified atom stereocenters. The summed E-state index contributed by atoms with van der Waals surface area (Å²) >= 11 is 0. The molecule has 0 bridgehead atoms. The predicted molar refractivity (Wildman–Crippen MR) is 50.7 cm³/mol. The summed E-state index contributed by atoms with van der Waals surface area (Å²) in [6, 6.07) is 3.78. The second-order valence-corrected chi connectivity index (χ2v) is 2.89. The molecule has 0 amide bonds. The van der Waals surface area contributed by atoms with Crippen LogP contribution in [0.3, 0.4) is 0 Å². The molecule has 0 aliphatic rings. The van der Waals surface area contributed by atoms with Crippen molar-refractivity contribution in [2.45, 2.75) is 13.5 Å². The smallest absolute Gasteiger partial charge is 0.335 e. The summed E-state index contributed by atoms with van der Waals surface area (Å²) in [6.07, 6.45) is 0. The van der Waals surface area contributed by atoms with Gasteiger partial charge < -0.3 is 10.4 Å². The molecule has 0 aliphatic carbocycles. The van der Waals surface area contributed by atoms with Crippen molar-refractivity contribution in [3.63, 3.8) is 0 Å². The Morgan fingerprint density at radius 2 is 2.29 bits per heavy atom. The van der Waals surface area contributed by atoms with E-state index >= 15 is 0 Å². The Hall–Kier alpha value is -1.42. The first-order valence-corrected chi connectivity index (χ1v) is 4.37. The monoisotopic (exact) mass is 197 g/mol. The topological polar surface area (TPSA) is 49.3 Å². The summed E-state index contributed by atoms with van der Waals surface area (Å²) < 4.78 is 13.1. The normalized spacial score (nSPS) is 10.1. The molecule has 0 atom stereocenters. The van der Waals surface area contributed by atoms with Crippen LogP contribution in [-0.4, -0.2) is 17.6 Å². The molecule has 0 radical (unpaired) electrons. The van der Waals surface area contributed by atoms with Gasteiger partial charge in [0.05, 0.1) is 5.56 Å². The number of hydrogen-bond acceptors (Lipinski definition) is 2. The van der Waals surface area contributed by atoms with Crippen molar-refractivity contribution >= 4 is 5.97 Å². The fourth-order valence-corrected chi connectivity index (χ4v) is 1.10. The lowest BCUT2D eigenvalue weighted by Gasteiger charge is -2.04. The number of nitrogens with one attached hydrogen (secondary N) is 1. The average Bonchev–Trinajstić information content (AvgIpc) is 2.16. The molecule has 0 spiro atoms. The molecule has 1 rings (SSSR count). The Kier molecular flexibility index (Phi) is 3.59. The van der Waals surface area contributed by atoms with Crippen LogP contribution in [0, 0.1) is 5.82 Å². The Morgan fingerprint density at radius 1 is 1.57 bits per heavy atom. The molecule has 0 saturated carbocycles. The summed E-state index contributed by atoms with van der Waals surface area (Å²) in [4.78, 5) is 10.6. The summed E-state index contributed by atoms with van der Waals surface area (Å²) in [5.41, 5.74) is 0.492. The minimum atomic E-state index is -1.04. The van der Waals surface area contributed by atoms with Gasteiger partial charge in [0, 0.05) is 12.1 Å². The van der Waals surface area contributed by atoms with Crippen LogP contribution in [0.25, 0.3) is 0 Å². The molecule has 1 aromatic rings. The molecule has 1 aromatic carbocycles. The molecule has 4 heteroatoms. The first kappa shape index (κ1) is 10.7. The quantitative estimate of drug-likeness (QED) is 0.771. The highest BCUT2D eigenvalue weighted by Gasteiger charge is 2.07. The van der Waals surface area contributed by atoms with Crippen molar-refractivity contribution in [2.75, 3.05) is 6.54 Å². The highest BCUT2D eigenvalue weighted by Crippen LogP contribution is 2.10. The first-order chi connectivity index (χ1) is 6.65. The van der Waals surface area contributed by atoms with Crippen LogP contribution in [0.4, 0.5) is 4.39 Å². The van der Waals surface area contributed by atoms with Crippen LogP contribution in [0.1, 0.15) is 22.8 Å². The van der Waals surface area contributed by atoms with Crippen molar-refractivity contribution in [2.24, 2.45) is 0 Å². The van der Waals surface area contributed by atoms with Gasteiger partial charge in [-0.2, -0.15) is 0 Å². The fourth-order valence-electron chi connectivity index (χ4n) is 1.10. The van der Waals surface area contributed by atoms with Gasteiger partial charge in [0.1, 0.15) is 5.82 Å². The second kappa shape index (κ2) is 4.72. The van der Waals surface area contributed by atoms with E-state index in [0.717, 1.165) is 6.54 Å². The van der Waals surface area contributed by atoms with Gasteiger partial charge >= 0.3 is 5.97 Å². The van der Waals surface area contributed by atoms with E-state index in [4.69, 9.17) is 5.11 Å². The third-order valence-electron chi connectivity index (χ3n) is 1.86. The third kappa shape index (κ3) is 2.53. The molecule has 14 heavy (non-hydrogen) atoms. The van der Waals surface area contributed by atoms with Gasteiger partial charge in [-0.25, -0.2) is 9.18 Å². The minimum Gasteiger partial charge on any atom is -0.478 e. The van der Waals surface area contributed by atoms with Crippen molar-refractivity contribution < 1.29 is 14.3 Å². The van der Waals surface area contributed by atoms with Crippen LogP contribution < -0.4 is 5.32 Å². The number of carboxylic acid groups (broad SMARTS) is 1. The van der Waals surface area contributed by atoms with Crippen LogP contribution in [0.2, 0.25) is 0 Å². The van der Waals surface area contributed by atoms with Crippen LogP contribution >= 0.6 is 0 Å². The van der Waals surface area contributed by atoms with Crippen LogP contribution in [0.5, 0.6) is 0 Å². The van der Waals surface area contributed by atoms with E-state index in [2.05, 4.69) is 5.32 Å². The number of benzene rings is 1. The molecular formula is C10H12FNO2. The number of hydrogen-bond donors (Lipinski definition) is 2. The van der Waals surface area contributed by atoms with Crippen molar-refractivity contribution in [3.05, 3.63) is 35.1 Å². The zero-order chi connectivity index (χ0) is 10.6. The lowest BCUT2D eigenvalue weighted by atomic mass is 10.1. The van der Waals surface area contributed by atoms with E-state index in [1.807, 2.05) is 6.92 Å². The van der Waals surface area contributed by atoms with Crippen LogP contribution in [-0.2, 0) is 6.54 Å². The molecule has 0 heterocycles. The Balaban J connectivity index is 2.90. The summed E-state index contributed by atoms with van der Waals surface area (Å²) in [5.74, 6) is -1.42. The van der Waals surface area contributed by atoms with E-state index in [9.17, 15) is 9.18 Å². The largest absolute Gasteiger partial charge is 0.478 e. The predicted octanol–water partition coefficient (Wildman–Crippen LogP) is 1.63. The van der Waals surface area contributed by atoms with E-state index in [0.29, 0.717) is 12.1 Å². The Labute approximate surface area is 81.6 Å². The maximum atomic E-state index is 13.1.